The van der Waals surface area contributed by atoms with Crippen LogP contribution in [-0.2, 0) is 0 Å². The van der Waals surface area contributed by atoms with Crippen LogP contribution in [0.5, 0.6) is 0 Å². The number of aryl methyl sites for hydroxylation is 2. The van der Waals surface area contributed by atoms with E-state index in [9.17, 15) is 0 Å². The van der Waals surface area contributed by atoms with Gasteiger partial charge in [0.2, 0.25) is 0 Å². The molecule has 4 bridgehead atoms. The van der Waals surface area contributed by atoms with Gasteiger partial charge in [-0.2, -0.15) is 0 Å². The van der Waals surface area contributed by atoms with Crippen molar-refractivity contribution in [3.63, 3.8) is 0 Å². The minimum atomic E-state index is 0.166. The van der Waals surface area contributed by atoms with Gasteiger partial charge in [0.1, 0.15) is 5.84 Å². The number of nitrogens with zero attached hydrogens (tertiary/aromatic N) is 3. The van der Waals surface area contributed by atoms with E-state index in [1.165, 1.54) is 49.7 Å². The van der Waals surface area contributed by atoms with Gasteiger partial charge in [0.05, 0.1) is 5.69 Å². The quantitative estimate of drug-likeness (QED) is 0.619. The molecule has 0 atom stereocenters. The molecular formula is C27H30N4. The van der Waals surface area contributed by atoms with E-state index in [-0.39, 0.29) is 5.41 Å². The number of anilines is 1. The molecule has 7 rings (SSSR count). The molecular weight excluding hydrogens is 380 g/mol. The van der Waals surface area contributed by atoms with E-state index in [1.807, 2.05) is 0 Å². The predicted octanol–water partition coefficient (Wildman–Crippen LogP) is 6.47. The number of benzene rings is 2. The van der Waals surface area contributed by atoms with Gasteiger partial charge in [-0.15, -0.1) is 0 Å². The van der Waals surface area contributed by atoms with Crippen LogP contribution in [0.25, 0.3) is 0 Å². The topological polar surface area (TPSA) is 49.1 Å². The van der Waals surface area contributed by atoms with E-state index in [1.54, 1.807) is 0 Å². The molecule has 4 nitrogen and oxygen atoms in total. The smallest absolute Gasteiger partial charge is 0.198 e. The van der Waals surface area contributed by atoms with Gasteiger partial charge in [0.15, 0.2) is 11.7 Å². The van der Waals surface area contributed by atoms with Crippen LogP contribution in [0.2, 0.25) is 0 Å². The maximum Gasteiger partial charge on any atom is 0.198 e. The zero-order valence-electron chi connectivity index (χ0n) is 18.4. The number of amidine groups is 3. The van der Waals surface area contributed by atoms with Crippen LogP contribution >= 0.6 is 0 Å². The second-order valence-corrected chi connectivity index (χ2v) is 10.4. The highest BCUT2D eigenvalue weighted by atomic mass is 15.2. The molecule has 5 aliphatic rings. The van der Waals surface area contributed by atoms with Crippen molar-refractivity contribution in [1.29, 1.82) is 0 Å². The van der Waals surface area contributed by atoms with Crippen LogP contribution in [0.3, 0.4) is 0 Å². The standard InChI is InChI=1S/C27H30N4/c1-17-3-7-22(8-4-17)28-24-25(29-23-9-5-18(2)6-10-23)31-26(30-24)27-14-19-11-20(15-27)13-21(12-19)16-27/h3-10,19-21H,11-16H2,1-2H3,(H,28,29,30,31). The third kappa shape index (κ3) is 3.52. The monoisotopic (exact) mass is 410 g/mol. The van der Waals surface area contributed by atoms with Crippen molar-refractivity contribution in [3.8, 4) is 0 Å². The molecule has 1 N–H and O–H groups in total. The van der Waals surface area contributed by atoms with Crippen molar-refractivity contribution >= 4 is 28.9 Å². The molecule has 0 saturated heterocycles. The summed E-state index contributed by atoms with van der Waals surface area (Å²) in [5, 5.41) is 3.52. The van der Waals surface area contributed by atoms with Gasteiger partial charge in [-0.25, -0.2) is 15.0 Å². The summed E-state index contributed by atoms with van der Waals surface area (Å²) in [4.78, 5) is 15.1. The van der Waals surface area contributed by atoms with E-state index in [0.29, 0.717) is 0 Å². The Balaban J connectivity index is 1.37. The van der Waals surface area contributed by atoms with Crippen molar-refractivity contribution < 1.29 is 0 Å². The van der Waals surface area contributed by atoms with E-state index >= 15 is 0 Å². The lowest BCUT2D eigenvalue weighted by molar-refractivity contribution is -0.0127. The Kier molecular flexibility index (Phi) is 4.38. The fourth-order valence-electron chi connectivity index (χ4n) is 6.63. The Hall–Kier alpha value is -2.75. The molecule has 4 fully saturated rings. The van der Waals surface area contributed by atoms with Gasteiger partial charge in [-0.3, -0.25) is 0 Å². The molecule has 2 aromatic carbocycles. The summed E-state index contributed by atoms with van der Waals surface area (Å²) >= 11 is 0. The van der Waals surface area contributed by atoms with Crippen LogP contribution < -0.4 is 5.32 Å². The van der Waals surface area contributed by atoms with Crippen molar-refractivity contribution in [1.82, 2.24) is 0 Å². The van der Waals surface area contributed by atoms with Gasteiger partial charge in [0.25, 0.3) is 0 Å². The summed E-state index contributed by atoms with van der Waals surface area (Å²) in [6.07, 6.45) is 8.06. The maximum atomic E-state index is 5.12. The molecule has 31 heavy (non-hydrogen) atoms. The lowest BCUT2D eigenvalue weighted by Crippen LogP contribution is -2.49. The van der Waals surface area contributed by atoms with Crippen LogP contribution in [0.4, 0.5) is 11.4 Å². The molecule has 0 aromatic heterocycles. The van der Waals surface area contributed by atoms with Crippen LogP contribution in [0.1, 0.15) is 49.7 Å². The number of rotatable bonds is 3. The highest BCUT2D eigenvalue weighted by Gasteiger charge is 2.54. The van der Waals surface area contributed by atoms with E-state index in [0.717, 1.165) is 46.6 Å². The van der Waals surface area contributed by atoms with E-state index in [2.05, 4.69) is 67.7 Å². The fourth-order valence-corrected chi connectivity index (χ4v) is 6.63. The van der Waals surface area contributed by atoms with Crippen molar-refractivity contribution in [2.24, 2.45) is 38.1 Å². The molecule has 0 unspecified atom stereocenters. The molecule has 1 heterocycles. The highest BCUT2D eigenvalue weighted by molar-refractivity contribution is 6.51. The van der Waals surface area contributed by atoms with Crippen molar-refractivity contribution in [2.45, 2.75) is 52.4 Å². The summed E-state index contributed by atoms with van der Waals surface area (Å²) in [6, 6.07) is 16.8. The average molecular weight is 411 g/mol. The third-order valence-electron chi connectivity index (χ3n) is 7.74. The Morgan fingerprint density at radius 1 is 0.774 bits per heavy atom. The van der Waals surface area contributed by atoms with E-state index < -0.39 is 0 Å². The third-order valence-corrected chi connectivity index (χ3v) is 7.74. The molecule has 0 radical (unpaired) electrons. The first-order valence-electron chi connectivity index (χ1n) is 11.7. The molecule has 1 aliphatic heterocycles. The lowest BCUT2D eigenvalue weighted by Gasteiger charge is -2.56. The number of aliphatic imine (C=N–C) groups is 3. The predicted molar refractivity (Wildman–Crippen MR) is 129 cm³/mol. The zero-order valence-corrected chi connectivity index (χ0v) is 18.4. The van der Waals surface area contributed by atoms with Crippen LogP contribution in [0.15, 0.2) is 63.5 Å². The second-order valence-electron chi connectivity index (χ2n) is 10.4. The minimum absolute atomic E-state index is 0.166. The molecule has 2 aromatic rings. The van der Waals surface area contributed by atoms with Crippen LogP contribution in [-0.4, -0.2) is 17.5 Å². The minimum Gasteiger partial charge on any atom is -0.337 e. The Morgan fingerprint density at radius 3 is 1.90 bits per heavy atom. The molecule has 0 amide bonds. The first kappa shape index (κ1) is 19.0. The second kappa shape index (κ2) is 7.15. The molecule has 4 saturated carbocycles. The van der Waals surface area contributed by atoms with Gasteiger partial charge < -0.3 is 5.32 Å². The molecule has 0 spiro atoms. The van der Waals surface area contributed by atoms with Crippen LogP contribution in [0, 0.1) is 37.0 Å². The number of nitrogens with one attached hydrogen (secondary N) is 1. The van der Waals surface area contributed by atoms with Gasteiger partial charge in [-0.05, 0) is 94.4 Å². The first-order valence-corrected chi connectivity index (χ1v) is 11.7. The Morgan fingerprint density at radius 2 is 1.32 bits per heavy atom. The fraction of sp³-hybridized carbons (Fsp3) is 0.444. The molecule has 4 aliphatic carbocycles. The SMILES string of the molecule is Cc1ccc(N=C2N=C(C34CC5CC(CC(C5)C3)C4)N=C2Nc2ccc(C)cc2)cc1. The van der Waals surface area contributed by atoms with E-state index in [4.69, 9.17) is 15.0 Å². The maximum absolute atomic E-state index is 5.12. The normalized spacial score (nSPS) is 32.3. The first-order chi connectivity index (χ1) is 15.0. The molecule has 4 heteroatoms. The van der Waals surface area contributed by atoms with Gasteiger partial charge in [0, 0.05) is 11.1 Å². The Bertz CT molecular complexity index is 1050. The van der Waals surface area contributed by atoms with Crippen molar-refractivity contribution in [3.05, 3.63) is 59.7 Å². The van der Waals surface area contributed by atoms with Gasteiger partial charge >= 0.3 is 0 Å². The lowest BCUT2D eigenvalue weighted by atomic mass is 9.49. The average Bonchev–Trinajstić information content (AvgIpc) is 3.14. The Labute approximate surface area is 184 Å². The zero-order chi connectivity index (χ0) is 21.0. The summed E-state index contributed by atoms with van der Waals surface area (Å²) in [5.74, 6) is 5.15. The summed E-state index contributed by atoms with van der Waals surface area (Å²) in [6.45, 7) is 4.21. The summed E-state index contributed by atoms with van der Waals surface area (Å²) < 4.78 is 0. The largest absolute Gasteiger partial charge is 0.337 e. The number of hydrogen-bond acceptors (Lipinski definition) is 3. The summed E-state index contributed by atoms with van der Waals surface area (Å²) in [7, 11) is 0. The molecule has 158 valence electrons. The summed E-state index contributed by atoms with van der Waals surface area (Å²) in [5.41, 5.74) is 4.61. The highest BCUT2D eigenvalue weighted by Crippen LogP contribution is 2.61. The number of hydrogen-bond donors (Lipinski definition) is 1. The van der Waals surface area contributed by atoms with Gasteiger partial charge in [-0.1, -0.05) is 35.4 Å². The van der Waals surface area contributed by atoms with Crippen molar-refractivity contribution in [2.75, 3.05) is 5.32 Å².